The molecule has 5 nitrogen and oxygen atoms in total. The van der Waals surface area contributed by atoms with Crippen molar-refractivity contribution in [3.8, 4) is 0 Å². The SMILES string of the molecule is CNCc1nnc(N2CCCCCCC2)o1. The fraction of sp³-hybridized carbons (Fsp3) is 0.818. The Labute approximate surface area is 96.2 Å². The van der Waals surface area contributed by atoms with Gasteiger partial charge in [-0.25, -0.2) is 0 Å². The molecule has 0 aromatic carbocycles. The zero-order valence-electron chi connectivity index (χ0n) is 9.91. The van der Waals surface area contributed by atoms with Gasteiger partial charge in [-0.05, 0) is 19.9 Å². The summed E-state index contributed by atoms with van der Waals surface area (Å²) in [6, 6.07) is 0.687. The lowest BCUT2D eigenvalue weighted by Crippen LogP contribution is -2.27. The van der Waals surface area contributed by atoms with E-state index in [0.717, 1.165) is 13.1 Å². The van der Waals surface area contributed by atoms with Crippen molar-refractivity contribution < 1.29 is 4.42 Å². The third-order valence-electron chi connectivity index (χ3n) is 2.91. The fourth-order valence-corrected chi connectivity index (χ4v) is 2.03. The van der Waals surface area contributed by atoms with Crippen LogP contribution in [-0.2, 0) is 6.54 Å². The molecule has 0 unspecified atom stereocenters. The van der Waals surface area contributed by atoms with Gasteiger partial charge in [-0.3, -0.25) is 0 Å². The van der Waals surface area contributed by atoms with Crippen molar-refractivity contribution in [2.24, 2.45) is 0 Å². The van der Waals surface area contributed by atoms with E-state index in [1.54, 1.807) is 0 Å². The van der Waals surface area contributed by atoms with E-state index >= 15 is 0 Å². The third-order valence-corrected chi connectivity index (χ3v) is 2.91. The zero-order valence-corrected chi connectivity index (χ0v) is 9.91. The Morgan fingerprint density at radius 1 is 1.12 bits per heavy atom. The largest absolute Gasteiger partial charge is 0.407 e. The average molecular weight is 224 g/mol. The van der Waals surface area contributed by atoms with E-state index in [4.69, 9.17) is 4.42 Å². The topological polar surface area (TPSA) is 54.2 Å². The van der Waals surface area contributed by atoms with Crippen LogP contribution in [0.15, 0.2) is 4.42 Å². The van der Waals surface area contributed by atoms with E-state index in [1.807, 2.05) is 7.05 Å². The van der Waals surface area contributed by atoms with Crippen molar-refractivity contribution >= 4 is 6.01 Å². The van der Waals surface area contributed by atoms with Crippen molar-refractivity contribution in [3.63, 3.8) is 0 Å². The Hall–Kier alpha value is -1.10. The number of aromatic nitrogens is 2. The molecule has 1 N–H and O–H groups in total. The number of nitrogens with zero attached hydrogens (tertiary/aromatic N) is 3. The molecule has 0 radical (unpaired) electrons. The minimum absolute atomic E-state index is 0.640. The highest BCUT2D eigenvalue weighted by molar-refractivity contribution is 5.23. The summed E-state index contributed by atoms with van der Waals surface area (Å²) in [5, 5.41) is 11.1. The van der Waals surface area contributed by atoms with Crippen LogP contribution in [0.25, 0.3) is 0 Å². The average Bonchev–Trinajstić information content (AvgIpc) is 2.66. The van der Waals surface area contributed by atoms with E-state index in [1.165, 1.54) is 32.1 Å². The normalized spacial score (nSPS) is 18.2. The van der Waals surface area contributed by atoms with Gasteiger partial charge in [0.1, 0.15) is 0 Å². The summed E-state index contributed by atoms with van der Waals surface area (Å²) in [5.74, 6) is 0.666. The van der Waals surface area contributed by atoms with Gasteiger partial charge >= 0.3 is 6.01 Å². The highest BCUT2D eigenvalue weighted by Crippen LogP contribution is 2.17. The van der Waals surface area contributed by atoms with Crippen molar-refractivity contribution in [1.29, 1.82) is 0 Å². The van der Waals surface area contributed by atoms with Gasteiger partial charge in [0.2, 0.25) is 5.89 Å². The molecule has 1 aromatic rings. The third kappa shape index (κ3) is 2.95. The van der Waals surface area contributed by atoms with Gasteiger partial charge in [0.25, 0.3) is 0 Å². The molecule has 2 heterocycles. The van der Waals surface area contributed by atoms with Crippen molar-refractivity contribution in [3.05, 3.63) is 5.89 Å². The Bertz CT molecular complexity index is 305. The highest BCUT2D eigenvalue weighted by Gasteiger charge is 2.14. The summed E-state index contributed by atoms with van der Waals surface area (Å²) in [6.07, 6.45) is 6.44. The Balaban J connectivity index is 1.97. The predicted octanol–water partition coefficient (Wildman–Crippen LogP) is 1.56. The molecule has 1 aromatic heterocycles. The van der Waals surface area contributed by atoms with E-state index in [-0.39, 0.29) is 0 Å². The van der Waals surface area contributed by atoms with Crippen molar-refractivity contribution in [2.45, 2.75) is 38.6 Å². The number of nitrogens with one attached hydrogen (secondary N) is 1. The summed E-state index contributed by atoms with van der Waals surface area (Å²) in [7, 11) is 1.87. The summed E-state index contributed by atoms with van der Waals surface area (Å²) < 4.78 is 5.60. The van der Waals surface area contributed by atoms with Gasteiger partial charge in [-0.2, -0.15) is 0 Å². The molecule has 2 rings (SSSR count). The van der Waals surface area contributed by atoms with Crippen LogP contribution in [0.3, 0.4) is 0 Å². The standard InChI is InChI=1S/C11H20N4O/c1-12-9-10-13-14-11(16-10)15-7-5-3-2-4-6-8-15/h12H,2-9H2,1H3. The van der Waals surface area contributed by atoms with Crippen LogP contribution in [0.2, 0.25) is 0 Å². The van der Waals surface area contributed by atoms with Crippen LogP contribution in [-0.4, -0.2) is 30.3 Å². The van der Waals surface area contributed by atoms with Gasteiger partial charge in [0.05, 0.1) is 6.54 Å². The maximum Gasteiger partial charge on any atom is 0.318 e. The Morgan fingerprint density at radius 3 is 2.50 bits per heavy atom. The summed E-state index contributed by atoms with van der Waals surface area (Å²) in [4.78, 5) is 2.21. The molecule has 0 saturated carbocycles. The van der Waals surface area contributed by atoms with Crippen LogP contribution in [0.4, 0.5) is 6.01 Å². The molecule has 1 fully saturated rings. The van der Waals surface area contributed by atoms with Gasteiger partial charge in [0.15, 0.2) is 0 Å². The number of hydrogen-bond donors (Lipinski definition) is 1. The van der Waals surface area contributed by atoms with E-state index in [2.05, 4.69) is 20.4 Å². The monoisotopic (exact) mass is 224 g/mol. The maximum absolute atomic E-state index is 5.60. The van der Waals surface area contributed by atoms with Crippen LogP contribution in [0, 0.1) is 0 Å². The minimum atomic E-state index is 0.640. The van der Waals surface area contributed by atoms with Gasteiger partial charge in [-0.1, -0.05) is 24.4 Å². The second kappa shape index (κ2) is 5.84. The van der Waals surface area contributed by atoms with E-state index in [9.17, 15) is 0 Å². The molecule has 1 aliphatic rings. The predicted molar refractivity (Wildman–Crippen MR) is 62.4 cm³/mol. The molecule has 1 saturated heterocycles. The second-order valence-electron chi connectivity index (χ2n) is 4.26. The quantitative estimate of drug-likeness (QED) is 0.844. The van der Waals surface area contributed by atoms with Gasteiger partial charge in [0, 0.05) is 13.1 Å². The molecule has 0 spiro atoms. The molecule has 0 aliphatic carbocycles. The first-order valence-corrected chi connectivity index (χ1v) is 6.12. The maximum atomic E-state index is 5.60. The van der Waals surface area contributed by atoms with Crippen molar-refractivity contribution in [2.75, 3.05) is 25.0 Å². The first kappa shape index (κ1) is 11.4. The van der Waals surface area contributed by atoms with Crippen LogP contribution in [0.1, 0.15) is 38.0 Å². The lowest BCUT2D eigenvalue weighted by molar-refractivity contribution is 0.455. The molecule has 16 heavy (non-hydrogen) atoms. The number of rotatable bonds is 3. The molecule has 0 bridgehead atoms. The van der Waals surface area contributed by atoms with E-state index in [0.29, 0.717) is 18.5 Å². The molecule has 0 atom stereocenters. The van der Waals surface area contributed by atoms with Crippen LogP contribution in [0.5, 0.6) is 0 Å². The minimum Gasteiger partial charge on any atom is -0.407 e. The molecular weight excluding hydrogens is 204 g/mol. The highest BCUT2D eigenvalue weighted by atomic mass is 16.4. The molecular formula is C11H20N4O. The van der Waals surface area contributed by atoms with E-state index < -0.39 is 0 Å². The first-order valence-electron chi connectivity index (χ1n) is 6.12. The van der Waals surface area contributed by atoms with Crippen LogP contribution >= 0.6 is 0 Å². The lowest BCUT2D eigenvalue weighted by Gasteiger charge is -2.22. The first-order chi connectivity index (χ1) is 7.90. The van der Waals surface area contributed by atoms with Crippen molar-refractivity contribution in [1.82, 2.24) is 15.5 Å². The zero-order chi connectivity index (χ0) is 11.2. The Kier molecular flexibility index (Phi) is 4.16. The molecule has 0 amide bonds. The molecule has 90 valence electrons. The van der Waals surface area contributed by atoms with Gasteiger partial charge < -0.3 is 14.6 Å². The van der Waals surface area contributed by atoms with Gasteiger partial charge in [-0.15, -0.1) is 5.10 Å². The molecule has 1 aliphatic heterocycles. The summed E-state index contributed by atoms with van der Waals surface area (Å²) in [6.45, 7) is 2.73. The molecule has 5 heteroatoms. The Morgan fingerprint density at radius 2 is 1.81 bits per heavy atom. The lowest BCUT2D eigenvalue weighted by atomic mass is 10.1. The van der Waals surface area contributed by atoms with Crippen LogP contribution < -0.4 is 10.2 Å². The summed E-state index contributed by atoms with van der Waals surface area (Å²) >= 11 is 0. The summed E-state index contributed by atoms with van der Waals surface area (Å²) in [5.41, 5.74) is 0. The number of hydrogen-bond acceptors (Lipinski definition) is 5. The fourth-order valence-electron chi connectivity index (χ4n) is 2.03. The number of anilines is 1. The smallest absolute Gasteiger partial charge is 0.318 e. The second-order valence-corrected chi connectivity index (χ2v) is 4.26.